The largest absolute Gasteiger partial charge is 0.392 e. The standard InChI is InChI=1S/C14H23NO/c1-4-11(3)14(16)13(9-15)12-7-5-10(2)6-8-12/h5-8,11,13-14,16H,4,9,15H2,1-3H3. The summed E-state index contributed by atoms with van der Waals surface area (Å²) in [6.07, 6.45) is 0.626. The van der Waals surface area contributed by atoms with E-state index in [2.05, 4.69) is 45.0 Å². The number of benzene rings is 1. The van der Waals surface area contributed by atoms with Crippen LogP contribution in [0, 0.1) is 12.8 Å². The highest BCUT2D eigenvalue weighted by molar-refractivity contribution is 5.25. The van der Waals surface area contributed by atoms with Crippen molar-refractivity contribution in [2.45, 2.75) is 39.2 Å². The van der Waals surface area contributed by atoms with E-state index in [1.807, 2.05) is 0 Å². The molecule has 0 fully saturated rings. The normalized spacial score (nSPS) is 16.8. The molecule has 90 valence electrons. The number of hydrogen-bond donors (Lipinski definition) is 2. The van der Waals surface area contributed by atoms with E-state index < -0.39 is 0 Å². The summed E-state index contributed by atoms with van der Waals surface area (Å²) in [4.78, 5) is 0. The SMILES string of the molecule is CCC(C)C(O)C(CN)c1ccc(C)cc1. The van der Waals surface area contributed by atoms with E-state index in [0.29, 0.717) is 6.54 Å². The van der Waals surface area contributed by atoms with E-state index >= 15 is 0 Å². The maximum Gasteiger partial charge on any atom is 0.0646 e. The average Bonchev–Trinajstić information content (AvgIpc) is 2.31. The highest BCUT2D eigenvalue weighted by Crippen LogP contribution is 2.25. The van der Waals surface area contributed by atoms with Gasteiger partial charge in [0.25, 0.3) is 0 Å². The Morgan fingerprint density at radius 2 is 1.81 bits per heavy atom. The van der Waals surface area contributed by atoms with Gasteiger partial charge in [0.15, 0.2) is 0 Å². The third kappa shape index (κ3) is 3.06. The van der Waals surface area contributed by atoms with Crippen molar-refractivity contribution in [1.29, 1.82) is 0 Å². The van der Waals surface area contributed by atoms with Gasteiger partial charge in [0.05, 0.1) is 6.10 Å². The lowest BCUT2D eigenvalue weighted by Gasteiger charge is -2.26. The Morgan fingerprint density at radius 3 is 2.25 bits per heavy atom. The third-order valence-electron chi connectivity index (χ3n) is 3.40. The predicted octanol–water partition coefficient (Wildman–Crippen LogP) is 2.44. The fourth-order valence-corrected chi connectivity index (χ4v) is 1.92. The Balaban J connectivity index is 2.85. The van der Waals surface area contributed by atoms with Crippen molar-refractivity contribution >= 4 is 0 Å². The Morgan fingerprint density at radius 1 is 1.25 bits per heavy atom. The van der Waals surface area contributed by atoms with Crippen molar-refractivity contribution in [2.24, 2.45) is 11.7 Å². The van der Waals surface area contributed by atoms with Crippen molar-refractivity contribution in [3.8, 4) is 0 Å². The number of aryl methyl sites for hydroxylation is 1. The van der Waals surface area contributed by atoms with Crippen LogP contribution in [-0.4, -0.2) is 17.8 Å². The van der Waals surface area contributed by atoms with Crippen LogP contribution in [0.4, 0.5) is 0 Å². The second-order valence-electron chi connectivity index (χ2n) is 4.63. The molecule has 2 heteroatoms. The molecule has 0 aliphatic carbocycles. The number of aliphatic hydroxyl groups excluding tert-OH is 1. The fourth-order valence-electron chi connectivity index (χ4n) is 1.92. The summed E-state index contributed by atoms with van der Waals surface area (Å²) < 4.78 is 0. The maximum atomic E-state index is 10.2. The fraction of sp³-hybridized carbons (Fsp3) is 0.571. The maximum absolute atomic E-state index is 10.2. The van der Waals surface area contributed by atoms with Gasteiger partial charge < -0.3 is 10.8 Å². The number of rotatable bonds is 5. The molecule has 0 aliphatic heterocycles. The molecule has 0 aromatic heterocycles. The molecule has 16 heavy (non-hydrogen) atoms. The zero-order valence-corrected chi connectivity index (χ0v) is 10.5. The van der Waals surface area contributed by atoms with Gasteiger partial charge in [0.2, 0.25) is 0 Å². The predicted molar refractivity (Wildman–Crippen MR) is 68.4 cm³/mol. The second-order valence-corrected chi connectivity index (χ2v) is 4.63. The Hall–Kier alpha value is -0.860. The van der Waals surface area contributed by atoms with Crippen LogP contribution in [0.3, 0.4) is 0 Å². The zero-order valence-electron chi connectivity index (χ0n) is 10.5. The number of nitrogens with two attached hydrogens (primary N) is 1. The van der Waals surface area contributed by atoms with Crippen molar-refractivity contribution in [1.82, 2.24) is 0 Å². The van der Waals surface area contributed by atoms with Gasteiger partial charge in [0, 0.05) is 12.5 Å². The minimum atomic E-state index is -0.349. The summed E-state index contributed by atoms with van der Waals surface area (Å²) in [6, 6.07) is 8.28. The van der Waals surface area contributed by atoms with E-state index in [1.165, 1.54) is 5.56 Å². The van der Waals surface area contributed by atoms with Crippen molar-refractivity contribution in [3.05, 3.63) is 35.4 Å². The zero-order chi connectivity index (χ0) is 12.1. The molecule has 0 amide bonds. The van der Waals surface area contributed by atoms with Crippen LogP contribution in [0.2, 0.25) is 0 Å². The first-order chi connectivity index (χ1) is 7.60. The monoisotopic (exact) mass is 221 g/mol. The molecule has 0 saturated heterocycles. The van der Waals surface area contributed by atoms with Crippen LogP contribution in [-0.2, 0) is 0 Å². The molecule has 3 atom stereocenters. The van der Waals surface area contributed by atoms with E-state index in [1.54, 1.807) is 0 Å². The van der Waals surface area contributed by atoms with Gasteiger partial charge in [-0.3, -0.25) is 0 Å². The molecule has 2 nitrogen and oxygen atoms in total. The molecule has 0 heterocycles. The first kappa shape index (κ1) is 13.2. The van der Waals surface area contributed by atoms with Crippen molar-refractivity contribution in [3.63, 3.8) is 0 Å². The minimum absolute atomic E-state index is 0.0514. The topological polar surface area (TPSA) is 46.2 Å². The van der Waals surface area contributed by atoms with Crippen molar-refractivity contribution < 1.29 is 5.11 Å². The number of aliphatic hydroxyl groups is 1. The van der Waals surface area contributed by atoms with Gasteiger partial charge in [-0.15, -0.1) is 0 Å². The summed E-state index contributed by atoms with van der Waals surface area (Å²) in [6.45, 7) is 6.72. The van der Waals surface area contributed by atoms with Crippen LogP contribution in [0.15, 0.2) is 24.3 Å². The molecule has 0 aliphatic rings. The summed E-state index contributed by atoms with van der Waals surface area (Å²) >= 11 is 0. The van der Waals surface area contributed by atoms with E-state index in [9.17, 15) is 5.11 Å². The Kier molecular flexibility index (Phi) is 4.97. The van der Waals surface area contributed by atoms with Crippen LogP contribution in [0.5, 0.6) is 0 Å². The molecule has 1 aromatic rings. The van der Waals surface area contributed by atoms with Gasteiger partial charge in [-0.2, -0.15) is 0 Å². The van der Waals surface area contributed by atoms with Crippen LogP contribution >= 0.6 is 0 Å². The van der Waals surface area contributed by atoms with Crippen LogP contribution < -0.4 is 5.73 Å². The molecular weight excluding hydrogens is 198 g/mol. The van der Waals surface area contributed by atoms with Crippen LogP contribution in [0.1, 0.15) is 37.3 Å². The Bertz CT molecular complexity index is 307. The number of hydrogen-bond acceptors (Lipinski definition) is 2. The van der Waals surface area contributed by atoms with Gasteiger partial charge >= 0.3 is 0 Å². The molecule has 0 saturated carbocycles. The molecule has 3 unspecified atom stereocenters. The summed E-state index contributed by atoms with van der Waals surface area (Å²) in [7, 11) is 0. The van der Waals surface area contributed by atoms with E-state index in [-0.39, 0.29) is 17.9 Å². The van der Waals surface area contributed by atoms with Crippen molar-refractivity contribution in [2.75, 3.05) is 6.54 Å². The van der Waals surface area contributed by atoms with Gasteiger partial charge in [0.1, 0.15) is 0 Å². The molecule has 1 aromatic carbocycles. The van der Waals surface area contributed by atoms with E-state index in [4.69, 9.17) is 5.73 Å². The van der Waals surface area contributed by atoms with Gasteiger partial charge in [-0.1, -0.05) is 50.1 Å². The molecule has 0 bridgehead atoms. The molecule has 1 rings (SSSR count). The summed E-state index contributed by atoms with van der Waals surface area (Å²) in [5.41, 5.74) is 8.15. The molecular formula is C14H23NO. The first-order valence-electron chi connectivity index (χ1n) is 6.04. The summed E-state index contributed by atoms with van der Waals surface area (Å²) in [5, 5.41) is 10.2. The van der Waals surface area contributed by atoms with Gasteiger partial charge in [-0.05, 0) is 18.4 Å². The summed E-state index contributed by atoms with van der Waals surface area (Å²) in [5.74, 6) is 0.338. The molecule has 0 radical (unpaired) electrons. The molecule has 0 spiro atoms. The molecule has 3 N–H and O–H groups in total. The third-order valence-corrected chi connectivity index (χ3v) is 3.40. The lowest BCUT2D eigenvalue weighted by atomic mass is 9.85. The smallest absolute Gasteiger partial charge is 0.0646 e. The average molecular weight is 221 g/mol. The highest BCUT2D eigenvalue weighted by Gasteiger charge is 2.23. The second kappa shape index (κ2) is 6.02. The lowest BCUT2D eigenvalue weighted by Crippen LogP contribution is -2.30. The minimum Gasteiger partial charge on any atom is -0.392 e. The first-order valence-corrected chi connectivity index (χ1v) is 6.04. The quantitative estimate of drug-likeness (QED) is 0.802. The highest BCUT2D eigenvalue weighted by atomic mass is 16.3. The Labute approximate surface area is 98.5 Å². The van der Waals surface area contributed by atoms with E-state index in [0.717, 1.165) is 12.0 Å². The van der Waals surface area contributed by atoms with Gasteiger partial charge in [-0.25, -0.2) is 0 Å². The lowest BCUT2D eigenvalue weighted by molar-refractivity contribution is 0.0886. The van der Waals surface area contributed by atoms with Crippen LogP contribution in [0.25, 0.3) is 0 Å².